The van der Waals surface area contributed by atoms with E-state index in [1.165, 1.54) is 11.0 Å². The first-order chi connectivity index (χ1) is 11.9. The number of aromatic amines is 2. The first-order valence-corrected chi connectivity index (χ1v) is 8.07. The van der Waals surface area contributed by atoms with E-state index in [1.807, 2.05) is 0 Å². The number of hydrogen-bond donors (Lipinski definition) is 2. The van der Waals surface area contributed by atoms with E-state index < -0.39 is 6.04 Å². The zero-order valence-electron chi connectivity index (χ0n) is 13.7. The van der Waals surface area contributed by atoms with Crippen molar-refractivity contribution in [1.29, 1.82) is 0 Å². The van der Waals surface area contributed by atoms with E-state index >= 15 is 0 Å². The molecule has 0 saturated heterocycles. The molecule has 0 saturated carbocycles. The van der Waals surface area contributed by atoms with Crippen molar-refractivity contribution in [3.63, 3.8) is 0 Å². The summed E-state index contributed by atoms with van der Waals surface area (Å²) in [5.74, 6) is -0.638. The number of H-pyrrole nitrogens is 2. The molecule has 3 rings (SSSR count). The van der Waals surface area contributed by atoms with Gasteiger partial charge in [-0.15, -0.1) is 0 Å². The maximum Gasteiger partial charge on any atom is 0.259 e. The average molecular weight is 357 g/mol. The maximum absolute atomic E-state index is 14.0. The van der Waals surface area contributed by atoms with Crippen LogP contribution >= 0.6 is 12.2 Å². The molecular weight excluding hydrogens is 341 g/mol. The summed E-state index contributed by atoms with van der Waals surface area (Å²) in [6, 6.07) is 10.6. The fourth-order valence-electron chi connectivity index (χ4n) is 2.70. The minimum absolute atomic E-state index is 0.190. The Morgan fingerprint density at radius 3 is 2.64 bits per heavy atom. The molecule has 0 fully saturated rings. The summed E-state index contributed by atoms with van der Waals surface area (Å²) in [5, 5.41) is 0.412. The lowest BCUT2D eigenvalue weighted by molar-refractivity contribution is 0.0740. The number of benzene rings is 2. The van der Waals surface area contributed by atoms with Gasteiger partial charge < -0.3 is 9.88 Å². The normalized spacial score (nSPS) is 12.1. The first kappa shape index (κ1) is 17.0. The molecule has 0 unspecified atom stereocenters. The van der Waals surface area contributed by atoms with Crippen LogP contribution in [0.2, 0.25) is 0 Å². The summed E-state index contributed by atoms with van der Waals surface area (Å²) >= 11 is 4.96. The van der Waals surface area contributed by atoms with Crippen LogP contribution in [0.3, 0.4) is 0 Å². The smallest absolute Gasteiger partial charge is 0.259 e. The van der Waals surface area contributed by atoms with Crippen molar-refractivity contribution in [2.75, 3.05) is 7.05 Å². The first-order valence-electron chi connectivity index (χ1n) is 7.66. The zero-order valence-corrected chi connectivity index (χ0v) is 14.5. The summed E-state index contributed by atoms with van der Waals surface area (Å²) in [6.45, 7) is 1.76. The Labute approximate surface area is 148 Å². The fourth-order valence-corrected chi connectivity index (χ4v) is 2.91. The highest BCUT2D eigenvalue weighted by atomic mass is 32.1. The SMILES string of the molecule is C[C@@H](c1ccccc1F)N(C)C(=O)c1ccc2c(=O)[nH]c(=S)[nH]c2c1. The van der Waals surface area contributed by atoms with E-state index in [0.29, 0.717) is 22.0 Å². The van der Waals surface area contributed by atoms with E-state index in [1.54, 1.807) is 50.4 Å². The molecule has 0 radical (unpaired) electrons. The molecule has 3 aromatic rings. The molecule has 1 atom stereocenters. The minimum Gasteiger partial charge on any atom is -0.335 e. The number of amides is 1. The van der Waals surface area contributed by atoms with Crippen LogP contribution in [0.1, 0.15) is 28.9 Å². The van der Waals surface area contributed by atoms with Gasteiger partial charge in [-0.05, 0) is 43.4 Å². The number of carbonyl (C=O) groups is 1. The van der Waals surface area contributed by atoms with Crippen molar-refractivity contribution >= 4 is 29.0 Å². The monoisotopic (exact) mass is 357 g/mol. The topological polar surface area (TPSA) is 69.0 Å². The lowest BCUT2D eigenvalue weighted by Crippen LogP contribution is -2.30. The summed E-state index contributed by atoms with van der Waals surface area (Å²) < 4.78 is 14.2. The minimum atomic E-state index is -0.443. The molecule has 2 N–H and O–H groups in total. The maximum atomic E-state index is 14.0. The summed E-state index contributed by atoms with van der Waals surface area (Å²) in [7, 11) is 1.61. The van der Waals surface area contributed by atoms with Crippen LogP contribution in [-0.2, 0) is 0 Å². The van der Waals surface area contributed by atoms with Gasteiger partial charge in [0.2, 0.25) is 0 Å². The average Bonchev–Trinajstić information content (AvgIpc) is 2.59. The third-order valence-electron chi connectivity index (χ3n) is 4.24. The van der Waals surface area contributed by atoms with E-state index in [2.05, 4.69) is 9.97 Å². The van der Waals surface area contributed by atoms with Gasteiger partial charge >= 0.3 is 0 Å². The largest absolute Gasteiger partial charge is 0.335 e. The van der Waals surface area contributed by atoms with E-state index in [4.69, 9.17) is 12.2 Å². The second-order valence-corrected chi connectivity index (χ2v) is 6.19. The van der Waals surface area contributed by atoms with Crippen LogP contribution in [0.15, 0.2) is 47.3 Å². The van der Waals surface area contributed by atoms with Crippen LogP contribution in [0.25, 0.3) is 10.9 Å². The standard InChI is InChI=1S/C18H16FN3O2S/c1-10(12-5-3-4-6-14(12)19)22(2)17(24)11-7-8-13-15(9-11)20-18(25)21-16(13)23/h3-10H,1-2H3,(H2,20,21,23,25)/t10-/m0/s1. The summed E-state index contributed by atoms with van der Waals surface area (Å²) in [5.41, 5.74) is 0.988. The molecule has 1 aromatic heterocycles. The van der Waals surface area contributed by atoms with Crippen molar-refractivity contribution in [2.24, 2.45) is 0 Å². The molecule has 0 bridgehead atoms. The van der Waals surface area contributed by atoms with Gasteiger partial charge in [-0.3, -0.25) is 14.6 Å². The van der Waals surface area contributed by atoms with E-state index in [9.17, 15) is 14.0 Å². The second-order valence-electron chi connectivity index (χ2n) is 5.78. The van der Waals surface area contributed by atoms with E-state index in [-0.39, 0.29) is 22.1 Å². The van der Waals surface area contributed by atoms with Gasteiger partial charge in [0, 0.05) is 18.2 Å². The Bertz CT molecular complexity index is 1070. The number of halogens is 1. The quantitative estimate of drug-likeness (QED) is 0.704. The second kappa shape index (κ2) is 6.60. The molecule has 1 amide bonds. The van der Waals surface area contributed by atoms with Crippen molar-refractivity contribution in [1.82, 2.24) is 14.9 Å². The molecule has 0 aliphatic heterocycles. The van der Waals surface area contributed by atoms with Gasteiger partial charge in [0.25, 0.3) is 11.5 Å². The van der Waals surface area contributed by atoms with Gasteiger partial charge in [0.1, 0.15) is 5.82 Å². The van der Waals surface area contributed by atoms with Crippen LogP contribution in [0.4, 0.5) is 4.39 Å². The Morgan fingerprint density at radius 1 is 1.20 bits per heavy atom. The molecule has 25 heavy (non-hydrogen) atoms. The van der Waals surface area contributed by atoms with Gasteiger partial charge in [-0.25, -0.2) is 4.39 Å². The molecule has 1 heterocycles. The van der Waals surface area contributed by atoms with Crippen molar-refractivity contribution in [3.8, 4) is 0 Å². The van der Waals surface area contributed by atoms with Gasteiger partial charge in [-0.1, -0.05) is 18.2 Å². The lowest BCUT2D eigenvalue weighted by Gasteiger charge is -2.25. The van der Waals surface area contributed by atoms with E-state index in [0.717, 1.165) is 0 Å². The predicted molar refractivity (Wildman–Crippen MR) is 96.7 cm³/mol. The number of nitrogens with one attached hydrogen (secondary N) is 2. The Morgan fingerprint density at radius 2 is 1.92 bits per heavy atom. The number of carbonyl (C=O) groups excluding carboxylic acids is 1. The Hall–Kier alpha value is -2.80. The number of aromatic nitrogens is 2. The molecule has 128 valence electrons. The highest BCUT2D eigenvalue weighted by Crippen LogP contribution is 2.23. The van der Waals surface area contributed by atoms with Crippen LogP contribution in [-0.4, -0.2) is 27.8 Å². The van der Waals surface area contributed by atoms with Crippen molar-refractivity contribution < 1.29 is 9.18 Å². The predicted octanol–water partition coefficient (Wildman–Crippen LogP) is 3.56. The highest BCUT2D eigenvalue weighted by molar-refractivity contribution is 7.71. The number of hydrogen-bond acceptors (Lipinski definition) is 3. The molecule has 5 nitrogen and oxygen atoms in total. The molecule has 2 aromatic carbocycles. The molecule has 0 aliphatic rings. The lowest BCUT2D eigenvalue weighted by atomic mass is 10.1. The third kappa shape index (κ3) is 3.23. The Kier molecular flexibility index (Phi) is 4.50. The molecular formula is C18H16FN3O2S. The van der Waals surface area contributed by atoms with Crippen molar-refractivity contribution in [2.45, 2.75) is 13.0 Å². The van der Waals surface area contributed by atoms with Gasteiger partial charge in [-0.2, -0.15) is 0 Å². The zero-order chi connectivity index (χ0) is 18.1. The van der Waals surface area contributed by atoms with Gasteiger partial charge in [0.05, 0.1) is 16.9 Å². The number of nitrogens with zero attached hydrogens (tertiary/aromatic N) is 1. The van der Waals surface area contributed by atoms with Crippen LogP contribution in [0.5, 0.6) is 0 Å². The summed E-state index contributed by atoms with van der Waals surface area (Å²) in [4.78, 5) is 31.4. The van der Waals surface area contributed by atoms with Crippen LogP contribution in [0, 0.1) is 10.6 Å². The number of rotatable bonds is 3. The highest BCUT2D eigenvalue weighted by Gasteiger charge is 2.21. The molecule has 0 aliphatic carbocycles. The van der Waals surface area contributed by atoms with Crippen LogP contribution < -0.4 is 5.56 Å². The van der Waals surface area contributed by atoms with Crippen molar-refractivity contribution in [3.05, 3.63) is 74.5 Å². The number of fused-ring (bicyclic) bond motifs is 1. The fraction of sp³-hybridized carbons (Fsp3) is 0.167. The Balaban J connectivity index is 1.97. The summed E-state index contributed by atoms with van der Waals surface area (Å²) in [6.07, 6.45) is 0. The molecule has 0 spiro atoms. The molecule has 7 heteroatoms. The third-order valence-corrected chi connectivity index (χ3v) is 4.45. The van der Waals surface area contributed by atoms with Gasteiger partial charge in [0.15, 0.2) is 4.77 Å².